The average Bonchev–Trinajstić information content (AvgIpc) is 3.52. The number of benzene rings is 1. The Balaban J connectivity index is 1.42. The topological polar surface area (TPSA) is 132 Å². The van der Waals surface area contributed by atoms with E-state index in [4.69, 9.17) is 24.9 Å². The van der Waals surface area contributed by atoms with Crippen LogP contribution in [0.1, 0.15) is 10.4 Å². The van der Waals surface area contributed by atoms with Crippen LogP contribution >= 0.6 is 0 Å². The summed E-state index contributed by atoms with van der Waals surface area (Å²) in [5.41, 5.74) is 9.12. The fourth-order valence-corrected chi connectivity index (χ4v) is 3.87. The normalized spacial score (nSPS) is 13.6. The molecule has 5 heterocycles. The summed E-state index contributed by atoms with van der Waals surface area (Å²) in [5.74, 6) is 1.22. The Morgan fingerprint density at radius 2 is 2.03 bits per heavy atom. The summed E-state index contributed by atoms with van der Waals surface area (Å²) in [6.45, 7) is 1.73. The van der Waals surface area contributed by atoms with Gasteiger partial charge in [0.15, 0.2) is 17.2 Å². The van der Waals surface area contributed by atoms with Gasteiger partial charge in [0.1, 0.15) is 18.1 Å². The molecule has 0 spiro atoms. The lowest BCUT2D eigenvalue weighted by molar-refractivity contribution is 0.102. The van der Waals surface area contributed by atoms with Crippen LogP contribution in [0.3, 0.4) is 0 Å². The SMILES string of the molecule is Nc1ccc(C(=O)Nc2cccc(-c3nc(N4CCOC4)c4oc5ncccc5c4n3)c2)cn1. The van der Waals surface area contributed by atoms with Crippen LogP contribution in [0.4, 0.5) is 17.3 Å². The molecule has 0 unspecified atom stereocenters. The van der Waals surface area contributed by atoms with Crippen molar-refractivity contribution in [3.05, 3.63) is 66.5 Å². The quantitative estimate of drug-likeness (QED) is 0.420. The van der Waals surface area contributed by atoms with Gasteiger partial charge >= 0.3 is 0 Å². The highest BCUT2D eigenvalue weighted by molar-refractivity contribution is 6.06. The van der Waals surface area contributed by atoms with Crippen LogP contribution in [-0.2, 0) is 4.74 Å². The van der Waals surface area contributed by atoms with E-state index in [1.807, 2.05) is 35.2 Å². The predicted molar refractivity (Wildman–Crippen MR) is 127 cm³/mol. The average molecular weight is 453 g/mol. The van der Waals surface area contributed by atoms with Gasteiger partial charge in [0, 0.05) is 30.2 Å². The van der Waals surface area contributed by atoms with Gasteiger partial charge in [0.2, 0.25) is 5.71 Å². The van der Waals surface area contributed by atoms with Gasteiger partial charge in [-0.05, 0) is 36.4 Å². The highest BCUT2D eigenvalue weighted by atomic mass is 16.5. The maximum absolute atomic E-state index is 12.6. The zero-order chi connectivity index (χ0) is 23.1. The molecule has 1 aliphatic rings. The number of nitrogens with zero attached hydrogens (tertiary/aromatic N) is 5. The van der Waals surface area contributed by atoms with E-state index in [9.17, 15) is 4.79 Å². The predicted octanol–water partition coefficient (Wildman–Crippen LogP) is 3.46. The van der Waals surface area contributed by atoms with Gasteiger partial charge in [-0.25, -0.2) is 19.9 Å². The Kier molecular flexibility index (Phi) is 4.77. The van der Waals surface area contributed by atoms with E-state index in [2.05, 4.69) is 15.3 Å². The summed E-state index contributed by atoms with van der Waals surface area (Å²) >= 11 is 0. The number of ether oxygens (including phenoxy) is 1. The third-order valence-electron chi connectivity index (χ3n) is 5.55. The number of carbonyl (C=O) groups is 1. The van der Waals surface area contributed by atoms with Crippen LogP contribution in [0.2, 0.25) is 0 Å². The number of nitrogens with one attached hydrogen (secondary N) is 1. The van der Waals surface area contributed by atoms with E-state index < -0.39 is 0 Å². The highest BCUT2D eigenvalue weighted by Gasteiger charge is 2.23. The van der Waals surface area contributed by atoms with Gasteiger partial charge in [0.05, 0.1) is 17.6 Å². The molecule has 5 aromatic rings. The van der Waals surface area contributed by atoms with E-state index in [1.165, 1.54) is 6.20 Å². The number of hydrogen-bond donors (Lipinski definition) is 2. The van der Waals surface area contributed by atoms with E-state index in [1.54, 1.807) is 24.4 Å². The van der Waals surface area contributed by atoms with Gasteiger partial charge < -0.3 is 25.1 Å². The minimum Gasteiger partial charge on any atom is -0.432 e. The van der Waals surface area contributed by atoms with Crippen molar-refractivity contribution in [3.8, 4) is 11.4 Å². The third kappa shape index (κ3) is 3.55. The molecule has 6 rings (SSSR count). The molecule has 0 atom stereocenters. The minimum absolute atomic E-state index is 0.289. The van der Waals surface area contributed by atoms with Crippen LogP contribution in [-0.4, -0.2) is 45.7 Å². The fourth-order valence-electron chi connectivity index (χ4n) is 3.87. The molecule has 1 amide bonds. The van der Waals surface area contributed by atoms with Crippen LogP contribution < -0.4 is 16.0 Å². The van der Waals surface area contributed by atoms with E-state index >= 15 is 0 Å². The van der Waals surface area contributed by atoms with Crippen molar-refractivity contribution in [2.24, 2.45) is 0 Å². The van der Waals surface area contributed by atoms with Crippen molar-refractivity contribution in [1.82, 2.24) is 19.9 Å². The van der Waals surface area contributed by atoms with Crippen molar-refractivity contribution in [1.29, 1.82) is 0 Å². The van der Waals surface area contributed by atoms with Crippen molar-refractivity contribution >= 4 is 45.4 Å². The molecule has 168 valence electrons. The second-order valence-corrected chi connectivity index (χ2v) is 7.81. The Bertz CT molecular complexity index is 1530. The molecule has 1 aliphatic heterocycles. The lowest BCUT2D eigenvalue weighted by Crippen LogP contribution is -2.20. The number of rotatable bonds is 4. The number of pyridine rings is 2. The van der Waals surface area contributed by atoms with E-state index in [0.717, 1.165) is 10.9 Å². The maximum Gasteiger partial charge on any atom is 0.257 e. The number of aromatic nitrogens is 4. The third-order valence-corrected chi connectivity index (χ3v) is 5.55. The second-order valence-electron chi connectivity index (χ2n) is 7.81. The monoisotopic (exact) mass is 453 g/mol. The van der Waals surface area contributed by atoms with Crippen molar-refractivity contribution in [2.75, 3.05) is 35.8 Å². The Hall–Kier alpha value is -4.57. The summed E-state index contributed by atoms with van der Waals surface area (Å²) in [7, 11) is 0. The first-order chi connectivity index (χ1) is 16.7. The molecule has 0 aliphatic carbocycles. The molecule has 10 nitrogen and oxygen atoms in total. The Labute approximate surface area is 193 Å². The first-order valence-corrected chi connectivity index (χ1v) is 10.7. The van der Waals surface area contributed by atoms with Gasteiger partial charge in [-0.1, -0.05) is 12.1 Å². The number of furan rings is 1. The molecule has 1 aromatic carbocycles. The van der Waals surface area contributed by atoms with Crippen molar-refractivity contribution < 1.29 is 13.9 Å². The zero-order valence-corrected chi connectivity index (χ0v) is 17.9. The molecule has 0 bridgehead atoms. The highest BCUT2D eigenvalue weighted by Crippen LogP contribution is 2.35. The van der Waals surface area contributed by atoms with Gasteiger partial charge in [-0.2, -0.15) is 0 Å². The molecule has 10 heteroatoms. The van der Waals surface area contributed by atoms with Gasteiger partial charge in [0.25, 0.3) is 5.91 Å². The molecule has 1 saturated heterocycles. The summed E-state index contributed by atoms with van der Waals surface area (Å²) in [4.78, 5) is 32.5. The molecule has 1 fully saturated rings. The summed E-state index contributed by atoms with van der Waals surface area (Å²) in [5, 5.41) is 3.69. The zero-order valence-electron chi connectivity index (χ0n) is 17.9. The number of fused-ring (bicyclic) bond motifs is 3. The van der Waals surface area contributed by atoms with Crippen molar-refractivity contribution in [3.63, 3.8) is 0 Å². The Morgan fingerprint density at radius 3 is 2.85 bits per heavy atom. The standard InChI is InChI=1S/C24H19N7O3/c25-18-7-6-15(12-27-18)23(32)28-16-4-1-3-14(11-16)21-29-19-17-5-2-8-26-24(17)34-20(19)22(30-21)31-9-10-33-13-31/h1-8,11-12H,9-10,13H2,(H2,25,27)(H,28,32). The fraction of sp³-hybridized carbons (Fsp3) is 0.125. The summed E-state index contributed by atoms with van der Waals surface area (Å²) in [6, 6.07) is 14.3. The number of nitrogens with two attached hydrogens (primary N) is 1. The second kappa shape index (κ2) is 8.09. The lowest BCUT2D eigenvalue weighted by Gasteiger charge is -2.15. The largest absolute Gasteiger partial charge is 0.432 e. The summed E-state index contributed by atoms with van der Waals surface area (Å²) in [6.07, 6.45) is 3.12. The molecule has 4 aromatic heterocycles. The van der Waals surface area contributed by atoms with Crippen LogP contribution in [0.25, 0.3) is 33.6 Å². The first kappa shape index (κ1) is 20.1. The van der Waals surface area contributed by atoms with E-state index in [0.29, 0.717) is 65.4 Å². The number of anilines is 3. The number of nitrogen functional groups attached to an aromatic ring is 1. The lowest BCUT2D eigenvalue weighted by atomic mass is 10.1. The van der Waals surface area contributed by atoms with Crippen LogP contribution in [0.15, 0.2) is 65.3 Å². The smallest absolute Gasteiger partial charge is 0.257 e. The molecule has 34 heavy (non-hydrogen) atoms. The molecular weight excluding hydrogens is 434 g/mol. The van der Waals surface area contributed by atoms with Crippen LogP contribution in [0, 0.1) is 0 Å². The number of amides is 1. The van der Waals surface area contributed by atoms with Gasteiger partial charge in [-0.15, -0.1) is 0 Å². The Morgan fingerprint density at radius 1 is 1.09 bits per heavy atom. The molecule has 3 N–H and O–H groups in total. The first-order valence-electron chi connectivity index (χ1n) is 10.7. The summed E-state index contributed by atoms with van der Waals surface area (Å²) < 4.78 is 11.6. The number of hydrogen-bond acceptors (Lipinski definition) is 9. The van der Waals surface area contributed by atoms with Crippen molar-refractivity contribution in [2.45, 2.75) is 0 Å². The molecule has 0 radical (unpaired) electrons. The minimum atomic E-state index is -0.289. The maximum atomic E-state index is 12.6. The van der Waals surface area contributed by atoms with Gasteiger partial charge in [-0.3, -0.25) is 4.79 Å². The van der Waals surface area contributed by atoms with Crippen LogP contribution in [0.5, 0.6) is 0 Å². The molecular formula is C24H19N7O3. The van der Waals surface area contributed by atoms with E-state index in [-0.39, 0.29) is 5.91 Å². The number of carbonyl (C=O) groups excluding carboxylic acids is 1. The molecule has 0 saturated carbocycles.